The fourth-order valence-electron chi connectivity index (χ4n) is 3.20. The predicted molar refractivity (Wildman–Crippen MR) is 103 cm³/mol. The molecule has 0 saturated heterocycles. The number of nitrogens with zero attached hydrogens (tertiary/aromatic N) is 1. The summed E-state index contributed by atoms with van der Waals surface area (Å²) in [5.41, 5.74) is -0.00311. The van der Waals surface area contributed by atoms with Crippen LogP contribution in [0.25, 0.3) is 10.8 Å². The zero-order valence-electron chi connectivity index (χ0n) is 14.7. The van der Waals surface area contributed by atoms with E-state index in [0.717, 1.165) is 16.3 Å². The molecular formula is C19H19Cl2NO4. The standard InChI is InChI=1S/C19H19Cl2NO4/c1-19(2,3)26-18(24)22-10-11(9-20)16-13-7-5-4-6-12(13)15(8-14(16)22)25-17(21)23/h4-8,11H,9-10H2,1-3H3/t11-/m1/s1. The van der Waals surface area contributed by atoms with Gasteiger partial charge in [-0.1, -0.05) is 24.3 Å². The first-order valence-corrected chi connectivity index (χ1v) is 9.12. The molecule has 7 heteroatoms. The fraction of sp³-hybridized carbons (Fsp3) is 0.368. The second kappa shape index (κ2) is 6.97. The van der Waals surface area contributed by atoms with Gasteiger partial charge in [0.2, 0.25) is 0 Å². The van der Waals surface area contributed by atoms with Gasteiger partial charge >= 0.3 is 11.5 Å². The molecule has 3 rings (SSSR count). The van der Waals surface area contributed by atoms with Crippen molar-refractivity contribution in [3.05, 3.63) is 35.9 Å². The van der Waals surface area contributed by atoms with Gasteiger partial charge in [0.15, 0.2) is 0 Å². The summed E-state index contributed by atoms with van der Waals surface area (Å²) in [6.07, 6.45) is -0.468. The highest BCUT2D eigenvalue weighted by molar-refractivity contribution is 6.61. The van der Waals surface area contributed by atoms with Gasteiger partial charge in [-0.05, 0) is 31.7 Å². The van der Waals surface area contributed by atoms with E-state index in [9.17, 15) is 9.59 Å². The van der Waals surface area contributed by atoms with Crippen molar-refractivity contribution in [3.63, 3.8) is 0 Å². The third kappa shape index (κ3) is 3.60. The lowest BCUT2D eigenvalue weighted by Gasteiger charge is -2.25. The predicted octanol–water partition coefficient (Wildman–Crippen LogP) is 5.65. The Morgan fingerprint density at radius 2 is 1.88 bits per heavy atom. The second-order valence-corrected chi connectivity index (χ2v) is 7.75. The number of rotatable bonds is 2. The van der Waals surface area contributed by atoms with Gasteiger partial charge in [0.1, 0.15) is 11.4 Å². The number of hydrogen-bond acceptors (Lipinski definition) is 4. The summed E-state index contributed by atoms with van der Waals surface area (Å²) in [6, 6.07) is 9.13. The Hall–Kier alpha value is -1.98. The minimum atomic E-state index is -0.939. The molecule has 0 aromatic heterocycles. The molecule has 0 saturated carbocycles. The molecule has 2 aromatic rings. The molecule has 0 N–H and O–H groups in total. The van der Waals surface area contributed by atoms with Crippen molar-refractivity contribution in [1.29, 1.82) is 0 Å². The lowest BCUT2D eigenvalue weighted by atomic mass is 9.95. The van der Waals surface area contributed by atoms with Gasteiger partial charge in [0, 0.05) is 41.4 Å². The van der Waals surface area contributed by atoms with E-state index < -0.39 is 17.1 Å². The van der Waals surface area contributed by atoms with Gasteiger partial charge in [0.25, 0.3) is 0 Å². The highest BCUT2D eigenvalue weighted by atomic mass is 35.5. The van der Waals surface area contributed by atoms with Gasteiger partial charge in [-0.3, -0.25) is 4.90 Å². The molecule has 0 aliphatic carbocycles. The monoisotopic (exact) mass is 395 g/mol. The first kappa shape index (κ1) is 18.8. The number of hydrogen-bond donors (Lipinski definition) is 0. The van der Waals surface area contributed by atoms with E-state index in [1.807, 2.05) is 45.0 Å². The number of carbonyl (C=O) groups excluding carboxylic acids is 2. The van der Waals surface area contributed by atoms with Crippen LogP contribution in [-0.4, -0.2) is 29.5 Å². The van der Waals surface area contributed by atoms with Gasteiger partial charge < -0.3 is 9.47 Å². The number of halogens is 2. The molecule has 0 fully saturated rings. The first-order chi connectivity index (χ1) is 12.2. The van der Waals surface area contributed by atoms with Crippen LogP contribution in [0.15, 0.2) is 30.3 Å². The third-order valence-corrected chi connectivity index (χ3v) is 4.57. The maximum absolute atomic E-state index is 12.7. The summed E-state index contributed by atoms with van der Waals surface area (Å²) in [5, 5.41) is 1.61. The zero-order chi connectivity index (χ0) is 19.1. The molecule has 138 valence electrons. The van der Waals surface area contributed by atoms with Crippen molar-refractivity contribution in [2.24, 2.45) is 0 Å². The summed E-state index contributed by atoms with van der Waals surface area (Å²) in [6.45, 7) is 5.82. The van der Waals surface area contributed by atoms with E-state index in [1.54, 1.807) is 6.07 Å². The lowest BCUT2D eigenvalue weighted by Crippen LogP contribution is -2.36. The Balaban J connectivity index is 2.17. The highest BCUT2D eigenvalue weighted by Gasteiger charge is 2.36. The second-order valence-electron chi connectivity index (χ2n) is 7.13. The summed E-state index contributed by atoms with van der Waals surface area (Å²) in [4.78, 5) is 25.5. The molecular weight excluding hydrogens is 377 g/mol. The van der Waals surface area contributed by atoms with Crippen molar-refractivity contribution in [1.82, 2.24) is 0 Å². The Kier molecular flexibility index (Phi) is 5.04. The molecule has 1 amide bonds. The maximum atomic E-state index is 12.7. The molecule has 1 heterocycles. The number of fused-ring (bicyclic) bond motifs is 3. The van der Waals surface area contributed by atoms with E-state index in [2.05, 4.69) is 0 Å². The Bertz CT molecular complexity index is 876. The minimum Gasteiger partial charge on any atom is -0.443 e. The van der Waals surface area contributed by atoms with E-state index >= 15 is 0 Å². The zero-order valence-corrected chi connectivity index (χ0v) is 16.2. The van der Waals surface area contributed by atoms with Crippen LogP contribution >= 0.6 is 23.2 Å². The average Bonchev–Trinajstić information content (AvgIpc) is 2.92. The van der Waals surface area contributed by atoms with Crippen LogP contribution in [-0.2, 0) is 4.74 Å². The number of anilines is 1. The molecule has 0 spiro atoms. The van der Waals surface area contributed by atoms with Crippen molar-refractivity contribution < 1.29 is 19.1 Å². The molecule has 1 aliphatic rings. The van der Waals surface area contributed by atoms with E-state index in [0.29, 0.717) is 23.9 Å². The number of alkyl halides is 1. The third-order valence-electron chi connectivity index (χ3n) is 4.12. The van der Waals surface area contributed by atoms with E-state index in [4.69, 9.17) is 32.7 Å². The highest BCUT2D eigenvalue weighted by Crippen LogP contribution is 2.46. The normalized spacial score (nSPS) is 16.5. The van der Waals surface area contributed by atoms with Crippen LogP contribution in [0.5, 0.6) is 5.75 Å². The van der Waals surface area contributed by atoms with Crippen molar-refractivity contribution >= 4 is 51.2 Å². The topological polar surface area (TPSA) is 55.8 Å². The quantitative estimate of drug-likeness (QED) is 0.486. The largest absolute Gasteiger partial charge is 0.443 e. The van der Waals surface area contributed by atoms with Crippen molar-refractivity contribution in [2.75, 3.05) is 17.3 Å². The fourth-order valence-corrected chi connectivity index (χ4v) is 3.53. The van der Waals surface area contributed by atoms with Crippen LogP contribution in [0, 0.1) is 0 Å². The molecule has 1 aliphatic heterocycles. The molecule has 2 aromatic carbocycles. The molecule has 5 nitrogen and oxygen atoms in total. The SMILES string of the molecule is CC(C)(C)OC(=O)N1C[C@@H](CCl)c2c1cc(OC(=O)Cl)c1ccccc21. The molecule has 0 radical (unpaired) electrons. The number of carbonyl (C=O) groups is 2. The van der Waals surface area contributed by atoms with Crippen LogP contribution in [0.4, 0.5) is 15.3 Å². The van der Waals surface area contributed by atoms with Gasteiger partial charge in [-0.15, -0.1) is 11.6 Å². The Morgan fingerprint density at radius 3 is 2.46 bits per heavy atom. The van der Waals surface area contributed by atoms with Crippen LogP contribution in [0.1, 0.15) is 32.3 Å². The van der Waals surface area contributed by atoms with Gasteiger partial charge in [-0.2, -0.15) is 0 Å². The molecule has 0 unspecified atom stereocenters. The summed E-state index contributed by atoms with van der Waals surface area (Å²) in [7, 11) is 0. The van der Waals surface area contributed by atoms with Crippen LogP contribution in [0.3, 0.4) is 0 Å². The molecule has 26 heavy (non-hydrogen) atoms. The number of amides is 1. The van der Waals surface area contributed by atoms with Crippen molar-refractivity contribution in [3.8, 4) is 5.75 Å². The minimum absolute atomic E-state index is 0.0511. The van der Waals surface area contributed by atoms with Gasteiger partial charge in [-0.25, -0.2) is 9.59 Å². The number of benzene rings is 2. The first-order valence-electron chi connectivity index (χ1n) is 8.20. The van der Waals surface area contributed by atoms with Crippen LogP contribution < -0.4 is 9.64 Å². The van der Waals surface area contributed by atoms with E-state index in [1.165, 1.54) is 4.90 Å². The van der Waals surface area contributed by atoms with Crippen LogP contribution in [0.2, 0.25) is 0 Å². The number of ether oxygens (including phenoxy) is 2. The Morgan fingerprint density at radius 1 is 1.23 bits per heavy atom. The van der Waals surface area contributed by atoms with Crippen molar-refractivity contribution in [2.45, 2.75) is 32.3 Å². The Labute approximate surface area is 161 Å². The molecule has 0 bridgehead atoms. The lowest BCUT2D eigenvalue weighted by molar-refractivity contribution is 0.0582. The summed E-state index contributed by atoms with van der Waals surface area (Å²) >= 11 is 11.6. The summed E-state index contributed by atoms with van der Waals surface area (Å²) in [5.74, 6) is 0.596. The van der Waals surface area contributed by atoms with Gasteiger partial charge in [0.05, 0.1) is 5.69 Å². The molecule has 1 atom stereocenters. The van der Waals surface area contributed by atoms with E-state index in [-0.39, 0.29) is 5.92 Å². The maximum Gasteiger partial charge on any atom is 0.414 e. The smallest absolute Gasteiger partial charge is 0.414 e. The average molecular weight is 396 g/mol. The summed E-state index contributed by atoms with van der Waals surface area (Å²) < 4.78 is 10.7.